The lowest BCUT2D eigenvalue weighted by Gasteiger charge is -2.15. The second-order valence-electron chi connectivity index (χ2n) is 5.99. The number of nitrogens with one attached hydrogen (secondary N) is 2. The molecule has 2 N–H and O–H groups in total. The number of aromatic nitrogens is 2. The zero-order valence-corrected chi connectivity index (χ0v) is 13.6. The summed E-state index contributed by atoms with van der Waals surface area (Å²) in [7, 11) is 0. The maximum atomic E-state index is 12.5. The number of rotatable bonds is 3. The molecule has 22 heavy (non-hydrogen) atoms. The first-order valence-corrected chi connectivity index (χ1v) is 7.97. The van der Waals surface area contributed by atoms with E-state index in [9.17, 15) is 4.79 Å². The minimum atomic E-state index is -0.232. The topological polar surface area (TPSA) is 80.1 Å². The van der Waals surface area contributed by atoms with E-state index in [1.807, 2.05) is 19.1 Å². The first-order valence-electron chi connectivity index (χ1n) is 7.17. The van der Waals surface area contributed by atoms with E-state index in [-0.39, 0.29) is 17.4 Å². The Labute approximate surface area is 135 Å². The fourth-order valence-corrected chi connectivity index (χ4v) is 3.56. The molecule has 1 saturated carbocycles. The fourth-order valence-electron chi connectivity index (χ4n) is 3.25. The molecule has 4 rings (SSSR count). The van der Waals surface area contributed by atoms with E-state index >= 15 is 0 Å². The molecule has 7 heteroatoms. The SMILES string of the molecule is Cc1ccc(Br)nc1NC(=O)[C@@H]1C[C@@]2(c3cnco3)CC2N1. The van der Waals surface area contributed by atoms with Crippen LogP contribution < -0.4 is 10.6 Å². The van der Waals surface area contributed by atoms with Gasteiger partial charge >= 0.3 is 0 Å². The maximum absolute atomic E-state index is 12.5. The third-order valence-corrected chi connectivity index (χ3v) is 5.03. The summed E-state index contributed by atoms with van der Waals surface area (Å²) >= 11 is 3.32. The van der Waals surface area contributed by atoms with Gasteiger partial charge in [0.1, 0.15) is 16.2 Å². The number of aryl methyl sites for hydroxylation is 1. The molecule has 3 atom stereocenters. The quantitative estimate of drug-likeness (QED) is 0.817. The van der Waals surface area contributed by atoms with Crippen LogP contribution in [-0.4, -0.2) is 28.0 Å². The maximum Gasteiger partial charge on any atom is 0.242 e. The number of hydrogen-bond donors (Lipinski definition) is 2. The Bertz CT molecular complexity index is 733. The van der Waals surface area contributed by atoms with Crippen LogP contribution in [0.5, 0.6) is 0 Å². The van der Waals surface area contributed by atoms with Crippen LogP contribution in [0.25, 0.3) is 0 Å². The molecule has 2 fully saturated rings. The van der Waals surface area contributed by atoms with Crippen molar-refractivity contribution < 1.29 is 9.21 Å². The lowest BCUT2D eigenvalue weighted by atomic mass is 9.97. The van der Waals surface area contributed by atoms with Crippen molar-refractivity contribution in [1.29, 1.82) is 0 Å². The number of halogens is 1. The smallest absolute Gasteiger partial charge is 0.242 e. The number of hydrogen-bond acceptors (Lipinski definition) is 5. The molecule has 0 radical (unpaired) electrons. The number of oxazole rings is 1. The highest BCUT2D eigenvalue weighted by molar-refractivity contribution is 9.10. The number of carbonyl (C=O) groups is 1. The molecule has 0 bridgehead atoms. The number of pyridine rings is 1. The van der Waals surface area contributed by atoms with Crippen LogP contribution in [-0.2, 0) is 10.2 Å². The second-order valence-corrected chi connectivity index (χ2v) is 6.80. The average molecular weight is 363 g/mol. The van der Waals surface area contributed by atoms with Crippen LogP contribution in [0.4, 0.5) is 5.82 Å². The number of piperidine rings is 1. The minimum Gasteiger partial charge on any atom is -0.448 e. The van der Waals surface area contributed by atoms with E-state index in [1.54, 1.807) is 6.20 Å². The zero-order valence-electron chi connectivity index (χ0n) is 12.0. The van der Waals surface area contributed by atoms with Gasteiger partial charge in [-0.1, -0.05) is 6.07 Å². The summed E-state index contributed by atoms with van der Waals surface area (Å²) in [5, 5.41) is 6.28. The number of fused-ring (bicyclic) bond motifs is 1. The average Bonchev–Trinajstić information content (AvgIpc) is 2.92. The van der Waals surface area contributed by atoms with E-state index in [1.165, 1.54) is 6.39 Å². The Balaban J connectivity index is 1.48. The number of anilines is 1. The lowest BCUT2D eigenvalue weighted by Crippen LogP contribution is -2.38. The predicted octanol–water partition coefficient (Wildman–Crippen LogP) is 2.15. The fraction of sp³-hybridized carbons (Fsp3) is 0.400. The van der Waals surface area contributed by atoms with Gasteiger partial charge in [-0.2, -0.15) is 0 Å². The minimum absolute atomic E-state index is 0.0557. The van der Waals surface area contributed by atoms with Gasteiger partial charge in [0.05, 0.1) is 12.2 Å². The van der Waals surface area contributed by atoms with Gasteiger partial charge in [-0.15, -0.1) is 0 Å². The summed E-state index contributed by atoms with van der Waals surface area (Å²) < 4.78 is 6.14. The van der Waals surface area contributed by atoms with E-state index in [0.29, 0.717) is 16.5 Å². The molecule has 0 aromatic carbocycles. The summed E-state index contributed by atoms with van der Waals surface area (Å²) in [6.07, 6.45) is 4.93. The molecule has 1 aliphatic heterocycles. The molecule has 1 unspecified atom stereocenters. The Morgan fingerprint density at radius 3 is 3.14 bits per heavy atom. The molecule has 1 saturated heterocycles. The zero-order chi connectivity index (χ0) is 15.3. The van der Waals surface area contributed by atoms with Crippen LogP contribution in [0.1, 0.15) is 24.2 Å². The van der Waals surface area contributed by atoms with E-state index in [4.69, 9.17) is 4.42 Å². The highest BCUT2D eigenvalue weighted by Crippen LogP contribution is 2.56. The van der Waals surface area contributed by atoms with Crippen LogP contribution in [0.2, 0.25) is 0 Å². The van der Waals surface area contributed by atoms with Crippen LogP contribution >= 0.6 is 15.9 Å². The van der Waals surface area contributed by atoms with Gasteiger partial charge < -0.3 is 15.1 Å². The van der Waals surface area contributed by atoms with Crippen LogP contribution in [0.3, 0.4) is 0 Å². The van der Waals surface area contributed by atoms with E-state index < -0.39 is 0 Å². The number of amides is 1. The Morgan fingerprint density at radius 2 is 2.36 bits per heavy atom. The Morgan fingerprint density at radius 1 is 1.50 bits per heavy atom. The van der Waals surface area contributed by atoms with Crippen molar-refractivity contribution in [3.05, 3.63) is 40.7 Å². The molecule has 2 aromatic heterocycles. The largest absolute Gasteiger partial charge is 0.448 e. The number of nitrogens with zero attached hydrogens (tertiary/aromatic N) is 2. The van der Waals surface area contributed by atoms with Gasteiger partial charge in [0.15, 0.2) is 6.39 Å². The molecule has 114 valence electrons. The summed E-state index contributed by atoms with van der Waals surface area (Å²) in [5.74, 6) is 1.41. The monoisotopic (exact) mass is 362 g/mol. The Kier molecular flexibility index (Phi) is 3.09. The van der Waals surface area contributed by atoms with Gasteiger partial charge in [-0.05, 0) is 47.3 Å². The number of carbonyl (C=O) groups excluding carboxylic acids is 1. The van der Waals surface area contributed by atoms with Crippen molar-refractivity contribution in [3.8, 4) is 0 Å². The first-order chi connectivity index (χ1) is 10.6. The summed E-state index contributed by atoms with van der Waals surface area (Å²) in [5.41, 5.74) is 0.878. The lowest BCUT2D eigenvalue weighted by molar-refractivity contribution is -0.118. The van der Waals surface area contributed by atoms with E-state index in [2.05, 4.69) is 36.5 Å². The summed E-state index contributed by atoms with van der Waals surface area (Å²) in [4.78, 5) is 20.8. The van der Waals surface area contributed by atoms with E-state index in [0.717, 1.165) is 24.2 Å². The van der Waals surface area contributed by atoms with Crippen molar-refractivity contribution >= 4 is 27.7 Å². The van der Waals surface area contributed by atoms with Gasteiger partial charge in [0, 0.05) is 11.5 Å². The summed E-state index contributed by atoms with van der Waals surface area (Å²) in [6, 6.07) is 3.84. The van der Waals surface area contributed by atoms with Crippen molar-refractivity contribution in [3.63, 3.8) is 0 Å². The molecule has 3 heterocycles. The molecule has 2 aromatic rings. The standard InChI is InChI=1S/C15H15BrN4O2/c1-8-2-3-12(16)19-13(8)20-14(21)9-4-15(5-10(15)18-9)11-6-17-7-22-11/h2-3,6-7,9-10,18H,4-5H2,1H3,(H,19,20,21)/t9-,10?,15+/m0/s1. The van der Waals surface area contributed by atoms with Crippen molar-refractivity contribution in [2.75, 3.05) is 5.32 Å². The molecule has 0 spiro atoms. The third kappa shape index (κ3) is 2.16. The highest BCUT2D eigenvalue weighted by atomic mass is 79.9. The second kappa shape index (κ2) is 4.89. The predicted molar refractivity (Wildman–Crippen MR) is 83.4 cm³/mol. The third-order valence-electron chi connectivity index (χ3n) is 4.59. The van der Waals surface area contributed by atoms with Gasteiger partial charge in [-0.3, -0.25) is 4.79 Å². The van der Waals surface area contributed by atoms with Gasteiger partial charge in [-0.25, -0.2) is 9.97 Å². The molecule has 1 amide bonds. The highest BCUT2D eigenvalue weighted by Gasteiger charge is 2.64. The van der Waals surface area contributed by atoms with Crippen LogP contribution in [0.15, 0.2) is 33.7 Å². The van der Waals surface area contributed by atoms with Crippen molar-refractivity contribution in [1.82, 2.24) is 15.3 Å². The van der Waals surface area contributed by atoms with Crippen LogP contribution in [0, 0.1) is 6.92 Å². The Hall–Kier alpha value is -1.73. The molecule has 6 nitrogen and oxygen atoms in total. The molecule has 1 aliphatic carbocycles. The molecule has 2 aliphatic rings. The molecular formula is C15H15BrN4O2. The van der Waals surface area contributed by atoms with Gasteiger partial charge in [0.25, 0.3) is 0 Å². The van der Waals surface area contributed by atoms with Crippen molar-refractivity contribution in [2.45, 2.75) is 37.3 Å². The van der Waals surface area contributed by atoms with Gasteiger partial charge in [0.2, 0.25) is 5.91 Å². The van der Waals surface area contributed by atoms with Crippen molar-refractivity contribution in [2.24, 2.45) is 0 Å². The normalized spacial score (nSPS) is 29.2. The molecular weight excluding hydrogens is 348 g/mol. The first kappa shape index (κ1) is 13.9. The summed E-state index contributed by atoms with van der Waals surface area (Å²) in [6.45, 7) is 1.92.